The summed E-state index contributed by atoms with van der Waals surface area (Å²) < 4.78 is 11.7. The molecule has 6 heteroatoms. The number of hydrogen-bond donors (Lipinski definition) is 0. The molecule has 2 aliphatic heterocycles. The van der Waals surface area contributed by atoms with Crippen molar-refractivity contribution in [3.05, 3.63) is 41.4 Å². The highest BCUT2D eigenvalue weighted by molar-refractivity contribution is 7.13. The number of rotatable bonds is 2. The van der Waals surface area contributed by atoms with Gasteiger partial charge in [0.25, 0.3) is 5.91 Å². The van der Waals surface area contributed by atoms with E-state index >= 15 is 0 Å². The Labute approximate surface area is 145 Å². The number of carbonyl (C=O) groups excluding carboxylic acids is 1. The van der Waals surface area contributed by atoms with Gasteiger partial charge in [-0.05, 0) is 6.42 Å². The molecule has 1 aromatic heterocycles. The predicted molar refractivity (Wildman–Crippen MR) is 91.9 cm³/mol. The Balaban J connectivity index is 1.43. The van der Waals surface area contributed by atoms with Gasteiger partial charge in [-0.2, -0.15) is 0 Å². The molecule has 0 radical (unpaired) electrons. The third-order valence-corrected chi connectivity index (χ3v) is 5.47. The largest absolute Gasteiger partial charge is 0.350 e. The van der Waals surface area contributed by atoms with E-state index in [9.17, 15) is 4.79 Å². The molecule has 2 aliphatic rings. The molecule has 0 bridgehead atoms. The number of likely N-dealkylation sites (tertiary alicyclic amines) is 1. The molecule has 0 saturated carbocycles. The molecule has 0 aliphatic carbocycles. The van der Waals surface area contributed by atoms with E-state index in [2.05, 4.69) is 4.98 Å². The quantitative estimate of drug-likeness (QED) is 0.840. The molecule has 126 valence electrons. The minimum absolute atomic E-state index is 0.000842. The van der Waals surface area contributed by atoms with E-state index in [0.29, 0.717) is 18.8 Å². The summed E-state index contributed by atoms with van der Waals surface area (Å²) in [5.74, 6) is -0.467. The van der Waals surface area contributed by atoms with Crippen LogP contribution in [-0.2, 0) is 9.47 Å². The molecule has 0 unspecified atom stereocenters. The summed E-state index contributed by atoms with van der Waals surface area (Å²) in [6, 6.07) is 9.95. The maximum atomic E-state index is 12.7. The number of thiazole rings is 1. The zero-order valence-electron chi connectivity index (χ0n) is 13.4. The second kappa shape index (κ2) is 6.63. The van der Waals surface area contributed by atoms with Gasteiger partial charge in [0.1, 0.15) is 10.7 Å². The van der Waals surface area contributed by atoms with Crippen molar-refractivity contribution in [1.29, 1.82) is 0 Å². The standard InChI is InChI=1S/C18H20N2O3S/c21-17(15-13-24-16(19-15)14-5-2-1-3-6-14)20-9-7-18(8-10-20)22-11-4-12-23-18/h1-3,5-6,13H,4,7-12H2. The molecule has 2 fully saturated rings. The first-order valence-corrected chi connectivity index (χ1v) is 9.22. The molecule has 0 atom stereocenters. The van der Waals surface area contributed by atoms with Gasteiger partial charge in [0.15, 0.2) is 5.79 Å². The Bertz CT molecular complexity index is 700. The normalized spacial score (nSPS) is 20.2. The summed E-state index contributed by atoms with van der Waals surface area (Å²) in [6.45, 7) is 2.80. The van der Waals surface area contributed by atoms with Gasteiger partial charge < -0.3 is 14.4 Å². The lowest BCUT2D eigenvalue weighted by molar-refractivity contribution is -0.281. The average molecular weight is 344 g/mol. The second-order valence-corrected chi connectivity index (χ2v) is 7.02. The van der Waals surface area contributed by atoms with Gasteiger partial charge in [0.2, 0.25) is 0 Å². The van der Waals surface area contributed by atoms with E-state index in [1.807, 2.05) is 40.6 Å². The SMILES string of the molecule is O=C(c1csc(-c2ccccc2)n1)N1CCC2(CC1)OCCCO2. The summed E-state index contributed by atoms with van der Waals surface area (Å²) in [5, 5.41) is 2.73. The number of nitrogens with zero attached hydrogens (tertiary/aromatic N) is 2. The molecule has 1 amide bonds. The highest BCUT2D eigenvalue weighted by Crippen LogP contribution is 2.31. The molecule has 2 saturated heterocycles. The first-order chi connectivity index (χ1) is 11.8. The van der Waals surface area contributed by atoms with Gasteiger partial charge in [-0.3, -0.25) is 4.79 Å². The van der Waals surface area contributed by atoms with Gasteiger partial charge >= 0.3 is 0 Å². The number of carbonyl (C=O) groups is 1. The Kier molecular flexibility index (Phi) is 4.35. The second-order valence-electron chi connectivity index (χ2n) is 6.16. The summed E-state index contributed by atoms with van der Waals surface area (Å²) in [7, 11) is 0. The van der Waals surface area contributed by atoms with Crippen LogP contribution in [-0.4, -0.2) is 47.9 Å². The number of ether oxygens (including phenoxy) is 2. The van der Waals surface area contributed by atoms with Crippen LogP contribution in [0.2, 0.25) is 0 Å². The van der Waals surface area contributed by atoms with Crippen molar-refractivity contribution in [2.75, 3.05) is 26.3 Å². The van der Waals surface area contributed by atoms with Crippen molar-refractivity contribution in [2.45, 2.75) is 25.0 Å². The molecule has 1 spiro atoms. The molecule has 1 aromatic carbocycles. The van der Waals surface area contributed by atoms with Crippen LogP contribution in [0.5, 0.6) is 0 Å². The van der Waals surface area contributed by atoms with Gasteiger partial charge in [-0.15, -0.1) is 11.3 Å². The fraction of sp³-hybridized carbons (Fsp3) is 0.444. The van der Waals surface area contributed by atoms with Crippen LogP contribution in [0, 0.1) is 0 Å². The molecule has 3 heterocycles. The van der Waals surface area contributed by atoms with Gasteiger partial charge in [0.05, 0.1) is 13.2 Å². The van der Waals surface area contributed by atoms with Crippen LogP contribution in [0.1, 0.15) is 29.8 Å². The van der Waals surface area contributed by atoms with Crippen LogP contribution in [0.25, 0.3) is 10.6 Å². The topological polar surface area (TPSA) is 51.7 Å². The third kappa shape index (κ3) is 3.09. The van der Waals surface area contributed by atoms with Crippen molar-refractivity contribution < 1.29 is 14.3 Å². The van der Waals surface area contributed by atoms with Crippen LogP contribution >= 0.6 is 11.3 Å². The molecule has 24 heavy (non-hydrogen) atoms. The lowest BCUT2D eigenvalue weighted by Crippen LogP contribution is -2.51. The highest BCUT2D eigenvalue weighted by atomic mass is 32.1. The smallest absolute Gasteiger partial charge is 0.273 e. The minimum atomic E-state index is -0.466. The lowest BCUT2D eigenvalue weighted by Gasteiger charge is -2.43. The summed E-state index contributed by atoms with van der Waals surface area (Å²) in [5.41, 5.74) is 1.57. The van der Waals surface area contributed by atoms with Gasteiger partial charge in [-0.1, -0.05) is 30.3 Å². The number of piperidine rings is 1. The maximum Gasteiger partial charge on any atom is 0.273 e. The first kappa shape index (κ1) is 15.7. The Morgan fingerprint density at radius 1 is 1.12 bits per heavy atom. The van der Waals surface area contributed by atoms with Crippen molar-refractivity contribution >= 4 is 17.2 Å². The van der Waals surface area contributed by atoms with E-state index in [0.717, 1.165) is 43.0 Å². The molecule has 5 nitrogen and oxygen atoms in total. The van der Waals surface area contributed by atoms with Crippen LogP contribution in [0.4, 0.5) is 0 Å². The van der Waals surface area contributed by atoms with Crippen molar-refractivity contribution in [1.82, 2.24) is 9.88 Å². The summed E-state index contributed by atoms with van der Waals surface area (Å²) in [4.78, 5) is 19.1. The average Bonchev–Trinajstić information content (AvgIpc) is 3.13. The van der Waals surface area contributed by atoms with Crippen molar-refractivity contribution in [3.63, 3.8) is 0 Å². The zero-order chi connectivity index (χ0) is 16.4. The monoisotopic (exact) mass is 344 g/mol. The highest BCUT2D eigenvalue weighted by Gasteiger charge is 2.39. The van der Waals surface area contributed by atoms with E-state index < -0.39 is 5.79 Å². The fourth-order valence-electron chi connectivity index (χ4n) is 3.20. The van der Waals surface area contributed by atoms with Crippen LogP contribution in [0.3, 0.4) is 0 Å². The number of amides is 1. The molecular weight excluding hydrogens is 324 g/mol. The number of aromatic nitrogens is 1. The van der Waals surface area contributed by atoms with E-state index in [-0.39, 0.29) is 5.91 Å². The van der Waals surface area contributed by atoms with E-state index in [4.69, 9.17) is 9.47 Å². The fourth-order valence-corrected chi connectivity index (χ4v) is 4.00. The Hall–Kier alpha value is -1.76. The third-order valence-electron chi connectivity index (χ3n) is 4.58. The number of benzene rings is 1. The van der Waals surface area contributed by atoms with Crippen LogP contribution in [0.15, 0.2) is 35.7 Å². The minimum Gasteiger partial charge on any atom is -0.350 e. The van der Waals surface area contributed by atoms with Crippen LogP contribution < -0.4 is 0 Å². The summed E-state index contributed by atoms with van der Waals surface area (Å²) in [6.07, 6.45) is 2.41. The van der Waals surface area contributed by atoms with Crippen molar-refractivity contribution in [2.24, 2.45) is 0 Å². The Morgan fingerprint density at radius 2 is 1.83 bits per heavy atom. The molecule has 4 rings (SSSR count). The Morgan fingerprint density at radius 3 is 2.54 bits per heavy atom. The predicted octanol–water partition coefficient (Wildman–Crippen LogP) is 3.18. The number of hydrogen-bond acceptors (Lipinski definition) is 5. The van der Waals surface area contributed by atoms with Crippen molar-refractivity contribution in [3.8, 4) is 10.6 Å². The van der Waals surface area contributed by atoms with E-state index in [1.54, 1.807) is 0 Å². The van der Waals surface area contributed by atoms with E-state index in [1.165, 1.54) is 11.3 Å². The van der Waals surface area contributed by atoms with Gasteiger partial charge in [-0.25, -0.2) is 4.98 Å². The first-order valence-electron chi connectivity index (χ1n) is 8.34. The zero-order valence-corrected chi connectivity index (χ0v) is 14.3. The lowest BCUT2D eigenvalue weighted by atomic mass is 10.0. The maximum absolute atomic E-state index is 12.7. The molecule has 2 aromatic rings. The molecule has 0 N–H and O–H groups in total. The summed E-state index contributed by atoms with van der Waals surface area (Å²) >= 11 is 1.51. The molecular formula is C18H20N2O3S. The van der Waals surface area contributed by atoms with Gasteiger partial charge in [0, 0.05) is 36.9 Å².